The summed E-state index contributed by atoms with van der Waals surface area (Å²) in [6, 6.07) is 2.06. The zero-order chi connectivity index (χ0) is 40.8. The highest BCUT2D eigenvalue weighted by Crippen LogP contribution is 2.28. The topological polar surface area (TPSA) is 154 Å². The molecule has 0 aliphatic heterocycles. The number of alkyl halides is 5. The summed E-state index contributed by atoms with van der Waals surface area (Å²) in [7, 11) is -3.03. The average Bonchev–Trinajstić information content (AvgIpc) is 3.08. The molecule has 2 aromatic carbocycles. The first-order chi connectivity index (χ1) is 25.6. The first-order valence-electron chi connectivity index (χ1n) is 15.4. The second kappa shape index (κ2) is 18.5. The van der Waals surface area contributed by atoms with E-state index in [1.807, 2.05) is 10.0 Å². The number of pyridine rings is 2. The van der Waals surface area contributed by atoms with E-state index in [1.165, 1.54) is 4.72 Å². The first-order valence-corrected chi connectivity index (χ1v) is 16.9. The van der Waals surface area contributed by atoms with E-state index < -0.39 is 100 Å². The lowest BCUT2D eigenvalue weighted by molar-refractivity contribution is -0.141. The third-order valence-corrected chi connectivity index (χ3v) is 8.67. The molecule has 12 nitrogen and oxygen atoms in total. The van der Waals surface area contributed by atoms with Crippen molar-refractivity contribution in [3.8, 4) is 0 Å². The number of halogens is 9. The van der Waals surface area contributed by atoms with Gasteiger partial charge in [-0.15, -0.1) is 0 Å². The van der Waals surface area contributed by atoms with Crippen LogP contribution in [0.1, 0.15) is 28.9 Å². The molecule has 3 N–H and O–H groups in total. The van der Waals surface area contributed by atoms with Crippen molar-refractivity contribution in [2.75, 3.05) is 23.9 Å². The molecule has 56 heavy (non-hydrogen) atoms. The van der Waals surface area contributed by atoms with E-state index in [4.69, 9.17) is 0 Å². The Balaban J connectivity index is 0.00000841. The van der Waals surface area contributed by atoms with E-state index in [0.29, 0.717) is 29.3 Å². The number of benzene rings is 2. The van der Waals surface area contributed by atoms with Crippen LogP contribution in [-0.2, 0) is 38.8 Å². The average molecular weight is 840 g/mol. The highest BCUT2D eigenvalue weighted by molar-refractivity contribution is 7.88. The molecule has 302 valence electrons. The second-order valence-electron chi connectivity index (χ2n) is 11.7. The third-order valence-electron chi connectivity index (χ3n) is 7.62. The van der Waals surface area contributed by atoms with Gasteiger partial charge in [0.1, 0.15) is 46.7 Å². The molecule has 2 atom stereocenters. The molecule has 0 radical (unpaired) electrons. The minimum Gasteiger partial charge on any atom is -0.325 e. The molecule has 4 rings (SSSR count). The molecule has 0 saturated heterocycles. The van der Waals surface area contributed by atoms with Crippen LogP contribution in [0.5, 0.6) is 0 Å². The monoisotopic (exact) mass is 839 g/mol. The predicted octanol–water partition coefficient (Wildman–Crippen LogP) is 5.08. The zero-order valence-electron chi connectivity index (χ0n) is 28.7. The molecule has 2 heterocycles. The molecular formula is C33H30F9N7O5S2. The summed E-state index contributed by atoms with van der Waals surface area (Å²) in [5, 5.41) is 2.03. The van der Waals surface area contributed by atoms with Crippen molar-refractivity contribution >= 4 is 52.9 Å². The molecule has 0 aliphatic rings. The van der Waals surface area contributed by atoms with Crippen molar-refractivity contribution in [1.29, 1.82) is 0 Å². The molecular weight excluding hydrogens is 810 g/mol. The number of carbonyl (C=O) groups is 3. The molecule has 23 heteroatoms. The number of rotatable bonds is 13. The Morgan fingerprint density at radius 1 is 0.714 bits per heavy atom. The van der Waals surface area contributed by atoms with E-state index in [1.54, 1.807) is 0 Å². The largest absolute Gasteiger partial charge is 0.433 e. The van der Waals surface area contributed by atoms with Crippen LogP contribution >= 0.6 is 13.5 Å². The van der Waals surface area contributed by atoms with E-state index >= 15 is 0 Å². The van der Waals surface area contributed by atoms with Gasteiger partial charge in [0.25, 0.3) is 6.43 Å². The van der Waals surface area contributed by atoms with Crippen LogP contribution in [0.25, 0.3) is 0 Å². The van der Waals surface area contributed by atoms with Crippen LogP contribution in [0.2, 0.25) is 0 Å². The maximum Gasteiger partial charge on any atom is 0.433 e. The molecule has 0 saturated carbocycles. The van der Waals surface area contributed by atoms with Crippen molar-refractivity contribution in [2.24, 2.45) is 0 Å². The lowest BCUT2D eigenvalue weighted by Crippen LogP contribution is -2.57. The van der Waals surface area contributed by atoms with Crippen molar-refractivity contribution in [2.45, 2.75) is 37.5 Å². The van der Waals surface area contributed by atoms with Gasteiger partial charge in [0, 0.05) is 32.6 Å². The lowest BCUT2D eigenvalue weighted by Gasteiger charge is -2.26. The fourth-order valence-corrected chi connectivity index (χ4v) is 5.95. The van der Waals surface area contributed by atoms with Gasteiger partial charge in [-0.05, 0) is 66.1 Å². The Bertz CT molecular complexity index is 2110. The first kappa shape index (κ1) is 45.0. The Hall–Kier alpha value is -5.42. The fourth-order valence-electron chi connectivity index (χ4n) is 5.03. The van der Waals surface area contributed by atoms with Crippen molar-refractivity contribution in [1.82, 2.24) is 24.7 Å². The van der Waals surface area contributed by atoms with Crippen LogP contribution in [0.3, 0.4) is 0 Å². The van der Waals surface area contributed by atoms with Crippen LogP contribution in [-0.4, -0.2) is 62.4 Å². The third kappa shape index (κ3) is 12.3. The summed E-state index contributed by atoms with van der Waals surface area (Å²) in [5.41, 5.74) is -2.75. The molecule has 4 amide bonds. The standard InChI is InChI=1S/C33H28F9N7O5S.H2S/c1-48(23-3-5-25(29(38)39)43-15-23)30(50)26(11-17-7-19(34)13-20(35)8-17)45-32(52)47-55(53,54)46-27(12-18-9-21(36)14-22(37)10-18)31(51)49(2)24-4-6-28(44-16-24)33(40,41)42;/h3-10,13-16,26-27,29,46H,11-12H2,1-2H3,(H2,45,47,52);1H2/t26-,27-;/m0./s1. The number of hydrogen-bond donors (Lipinski definition) is 3. The van der Waals surface area contributed by atoms with Crippen molar-refractivity contribution in [3.63, 3.8) is 0 Å². The van der Waals surface area contributed by atoms with E-state index in [-0.39, 0.29) is 36.0 Å². The highest BCUT2D eigenvalue weighted by atomic mass is 32.2. The molecule has 4 aromatic rings. The summed E-state index contributed by atoms with van der Waals surface area (Å²) in [6.45, 7) is 0. The highest BCUT2D eigenvalue weighted by Gasteiger charge is 2.34. The van der Waals surface area contributed by atoms with Gasteiger partial charge in [0.2, 0.25) is 11.8 Å². The molecule has 2 aromatic heterocycles. The Kier molecular flexibility index (Phi) is 14.8. The molecule has 0 unspecified atom stereocenters. The van der Waals surface area contributed by atoms with Crippen LogP contribution in [0.4, 0.5) is 55.7 Å². The van der Waals surface area contributed by atoms with Crippen molar-refractivity contribution < 1.29 is 62.3 Å². The van der Waals surface area contributed by atoms with Gasteiger partial charge in [-0.25, -0.2) is 40.8 Å². The molecule has 0 aliphatic carbocycles. The van der Waals surface area contributed by atoms with Crippen molar-refractivity contribution in [3.05, 3.63) is 119 Å². The predicted molar refractivity (Wildman–Crippen MR) is 187 cm³/mol. The fraction of sp³-hybridized carbons (Fsp3) is 0.242. The van der Waals surface area contributed by atoms with Gasteiger partial charge < -0.3 is 15.1 Å². The number of urea groups is 1. The van der Waals surface area contributed by atoms with Crippen LogP contribution in [0, 0.1) is 23.3 Å². The van der Waals surface area contributed by atoms with Gasteiger partial charge in [-0.3, -0.25) is 14.6 Å². The summed E-state index contributed by atoms with van der Waals surface area (Å²) in [6.07, 6.45) is -7.66. The quantitative estimate of drug-likeness (QED) is 0.159. The van der Waals surface area contributed by atoms with Gasteiger partial charge in [-0.2, -0.15) is 39.8 Å². The summed E-state index contributed by atoms with van der Waals surface area (Å²) in [4.78, 5) is 48.4. The smallest absolute Gasteiger partial charge is 0.325 e. The Morgan fingerprint density at radius 3 is 1.57 bits per heavy atom. The number of carbonyl (C=O) groups excluding carboxylic acids is 3. The zero-order valence-corrected chi connectivity index (χ0v) is 30.5. The maximum atomic E-state index is 14.0. The Morgan fingerprint density at radius 2 is 1.16 bits per heavy atom. The molecule has 0 bridgehead atoms. The number of nitrogens with one attached hydrogen (secondary N) is 3. The minimum atomic E-state index is -5.19. The van der Waals surface area contributed by atoms with Crippen LogP contribution < -0.4 is 24.6 Å². The SMILES string of the molecule is CN(C(=O)[C@H](Cc1cc(F)cc(F)c1)NC(=O)NS(=O)(=O)N[C@@H](Cc1cc(F)cc(F)c1)C(=O)N(C)c1ccc(C(F)(F)F)nc1)c1ccc(C(F)F)nc1.S. The lowest BCUT2D eigenvalue weighted by atomic mass is 10.0. The number of hydrogen-bond acceptors (Lipinski definition) is 7. The van der Waals surface area contributed by atoms with Gasteiger partial charge in [0.15, 0.2) is 0 Å². The van der Waals surface area contributed by atoms with E-state index in [0.717, 1.165) is 67.7 Å². The normalized spacial score (nSPS) is 12.6. The number of amides is 4. The Labute approximate surface area is 319 Å². The van der Waals surface area contributed by atoms with Gasteiger partial charge in [-0.1, -0.05) is 0 Å². The maximum absolute atomic E-state index is 14.0. The number of aromatic nitrogens is 2. The number of anilines is 2. The molecule has 0 fully saturated rings. The summed E-state index contributed by atoms with van der Waals surface area (Å²) >= 11 is 0. The number of likely N-dealkylation sites (N-methyl/N-ethyl adjacent to an activating group) is 2. The van der Waals surface area contributed by atoms with Crippen LogP contribution in [0.15, 0.2) is 73.1 Å². The van der Waals surface area contributed by atoms with E-state index in [2.05, 4.69) is 9.97 Å². The van der Waals surface area contributed by atoms with E-state index in [9.17, 15) is 62.3 Å². The number of nitrogens with zero attached hydrogens (tertiary/aromatic N) is 4. The minimum absolute atomic E-state index is 0. The van der Waals surface area contributed by atoms with Gasteiger partial charge >= 0.3 is 22.4 Å². The summed E-state index contributed by atoms with van der Waals surface area (Å²) in [5.74, 6) is -6.61. The molecule has 0 spiro atoms. The summed E-state index contributed by atoms with van der Waals surface area (Å²) < 4.78 is 151. The van der Waals surface area contributed by atoms with Gasteiger partial charge in [0.05, 0.1) is 23.8 Å². The second-order valence-corrected chi connectivity index (χ2v) is 13.1.